The normalized spacial score (nSPS) is 15.0. The number of nitrogens with zero attached hydrogens (tertiary/aromatic N) is 2. The average molecular weight is 497 g/mol. The van der Waals surface area contributed by atoms with Gasteiger partial charge in [-0.15, -0.1) is 0 Å². The number of ketones is 1. The number of sulfonamides is 1. The number of carbonyl (C=O) groups excluding carboxylic acids is 1. The number of unbranched alkanes of at least 4 members (excludes halogenated alkanes) is 1. The minimum Gasteiger partial charge on any atom is -0.613 e. The second-order valence-electron chi connectivity index (χ2n) is 8.30. The van der Waals surface area contributed by atoms with Gasteiger partial charge in [0.15, 0.2) is 17.3 Å². The van der Waals surface area contributed by atoms with E-state index in [1.54, 1.807) is 18.9 Å². The third-order valence-corrected chi connectivity index (χ3v) is 7.52. The molecule has 0 bridgehead atoms. The van der Waals surface area contributed by atoms with Crippen molar-refractivity contribution in [3.05, 3.63) is 58.3 Å². The number of H-pyrrole nitrogens is 1. The number of hydrogen-bond donors (Lipinski definition) is 2. The maximum absolute atomic E-state index is 15.3. The topological polar surface area (TPSA) is 111 Å². The number of nitrogens with one attached hydrogen (secondary N) is 2. The molecular weight excluding hydrogens is 473 g/mol. The number of fused-ring (bicyclic) bond motifs is 1. The lowest BCUT2D eigenvalue weighted by atomic mass is 10.0. The van der Waals surface area contributed by atoms with Crippen molar-refractivity contribution in [2.75, 3.05) is 17.7 Å². The van der Waals surface area contributed by atoms with E-state index in [2.05, 4.69) is 9.97 Å². The molecule has 12 heteroatoms. The number of hydrogen-bond acceptors (Lipinski definition) is 6. The molecule has 0 saturated heterocycles. The van der Waals surface area contributed by atoms with Crippen molar-refractivity contribution < 1.29 is 30.9 Å². The van der Waals surface area contributed by atoms with Gasteiger partial charge in [-0.3, -0.25) is 4.79 Å². The number of carbonyl (C=O) groups is 1. The van der Waals surface area contributed by atoms with Crippen molar-refractivity contribution in [2.24, 2.45) is 0 Å². The summed E-state index contributed by atoms with van der Waals surface area (Å²) < 4.78 is 67.8. The molecule has 2 heterocycles. The highest BCUT2D eigenvalue weighted by Crippen LogP contribution is 2.38. The molecule has 2 aromatic heterocycles. The zero-order valence-corrected chi connectivity index (χ0v) is 19.3. The monoisotopic (exact) mass is 496 g/mol. The fourth-order valence-corrected chi connectivity index (χ4v) is 5.22. The minimum atomic E-state index is -4.35. The Balaban J connectivity index is 1.83. The number of aromatic nitrogens is 2. The van der Waals surface area contributed by atoms with E-state index in [0.717, 1.165) is 25.2 Å². The summed E-state index contributed by atoms with van der Waals surface area (Å²) in [5.74, 6) is -5.22. The number of benzene rings is 1. The summed E-state index contributed by atoms with van der Waals surface area (Å²) >= 11 is 0. The molecule has 3 aromatic rings. The lowest BCUT2D eigenvalue weighted by Crippen LogP contribution is -3.05. The summed E-state index contributed by atoms with van der Waals surface area (Å²) in [6, 6.07) is 1.43. The Labute approximate surface area is 194 Å². The van der Waals surface area contributed by atoms with Crippen LogP contribution in [0.15, 0.2) is 24.5 Å². The maximum Gasteiger partial charge on any atom is 0.300 e. The summed E-state index contributed by atoms with van der Waals surface area (Å²) in [6.45, 7) is 1.73. The second kappa shape index (κ2) is 9.01. The van der Waals surface area contributed by atoms with Gasteiger partial charge in [0, 0.05) is 25.4 Å². The predicted molar refractivity (Wildman–Crippen MR) is 120 cm³/mol. The van der Waals surface area contributed by atoms with Crippen molar-refractivity contribution in [3.8, 4) is 0 Å². The van der Waals surface area contributed by atoms with E-state index >= 15 is 4.39 Å². The Bertz CT molecular complexity index is 1370. The Morgan fingerprint density at radius 3 is 2.62 bits per heavy atom. The van der Waals surface area contributed by atoms with Gasteiger partial charge in [0.2, 0.25) is 5.78 Å². The van der Waals surface area contributed by atoms with Gasteiger partial charge >= 0.3 is 0 Å². The first-order valence-electron chi connectivity index (χ1n) is 10.8. The molecule has 182 valence electrons. The molecule has 1 fully saturated rings. The molecule has 8 nitrogen and oxygen atoms in total. The van der Waals surface area contributed by atoms with Crippen LogP contribution in [0.4, 0.5) is 24.5 Å². The molecule has 0 amide bonds. The molecule has 1 saturated carbocycles. The van der Waals surface area contributed by atoms with Crippen LogP contribution in [0.2, 0.25) is 0 Å². The Morgan fingerprint density at radius 2 is 1.97 bits per heavy atom. The van der Waals surface area contributed by atoms with Crippen LogP contribution in [0.1, 0.15) is 48.5 Å². The quantitative estimate of drug-likeness (QED) is 0.348. The number of halogens is 3. The first-order valence-corrected chi connectivity index (χ1v) is 12.4. The van der Waals surface area contributed by atoms with Gasteiger partial charge in [0.25, 0.3) is 10.0 Å². The summed E-state index contributed by atoms with van der Waals surface area (Å²) in [4.78, 5) is 21.6. The van der Waals surface area contributed by atoms with Crippen molar-refractivity contribution in [1.29, 1.82) is 0 Å². The van der Waals surface area contributed by atoms with Crippen molar-refractivity contribution in [3.63, 3.8) is 0 Å². The van der Waals surface area contributed by atoms with E-state index in [9.17, 15) is 27.2 Å². The van der Waals surface area contributed by atoms with Gasteiger partial charge in [-0.1, -0.05) is 13.3 Å². The van der Waals surface area contributed by atoms with Crippen molar-refractivity contribution in [2.45, 2.75) is 38.6 Å². The lowest BCUT2D eigenvalue weighted by molar-refractivity contribution is -0.626. The van der Waals surface area contributed by atoms with Crippen LogP contribution in [-0.4, -0.2) is 43.0 Å². The third-order valence-electron chi connectivity index (χ3n) is 5.91. The van der Waals surface area contributed by atoms with Crippen LogP contribution < -0.4 is 9.37 Å². The number of pyridine rings is 1. The average Bonchev–Trinajstić information content (AvgIpc) is 3.56. The van der Waals surface area contributed by atoms with Crippen molar-refractivity contribution >= 4 is 38.2 Å². The van der Waals surface area contributed by atoms with E-state index in [0.29, 0.717) is 18.6 Å². The molecule has 1 aliphatic rings. The van der Waals surface area contributed by atoms with E-state index in [1.165, 1.54) is 0 Å². The number of aromatic amines is 1. The first kappa shape index (κ1) is 24.2. The summed E-state index contributed by atoms with van der Waals surface area (Å²) in [5.41, 5.74) is -2.06. The van der Waals surface area contributed by atoms with Crippen LogP contribution in [0.25, 0.3) is 11.0 Å². The SMILES string of the molecule is CCCCS(=O)(=O)[NH+]([O-])c1ccc(F)c(C(=O)c2c[nH]c3ncc(F)c(N(C)C4CC4)c23)c1F. The van der Waals surface area contributed by atoms with Gasteiger partial charge in [0.05, 0.1) is 22.8 Å². The minimum absolute atomic E-state index is 0.0468. The van der Waals surface area contributed by atoms with Crippen LogP contribution in [0.3, 0.4) is 0 Å². The molecule has 4 rings (SSSR count). The van der Waals surface area contributed by atoms with Gasteiger partial charge < -0.3 is 15.1 Å². The second-order valence-corrected chi connectivity index (χ2v) is 10.3. The maximum atomic E-state index is 15.3. The molecule has 1 aliphatic carbocycles. The molecule has 1 aromatic carbocycles. The Hall–Kier alpha value is -2.96. The molecule has 1 unspecified atom stereocenters. The standard InChI is InChI=1S/C22H23F3N4O4S/c1-3-4-9-34(32,33)29(31)16-8-7-14(23)18(19(16)25)21(30)13-10-26-22-17(13)20(15(24)11-27-22)28(2)12-5-6-12/h7-8,10-12,29H,3-6,9H2,1-2H3,(H,26,27). The highest BCUT2D eigenvalue weighted by Gasteiger charge is 2.34. The van der Waals surface area contributed by atoms with Gasteiger partial charge in [0.1, 0.15) is 22.8 Å². The van der Waals surface area contributed by atoms with Crippen molar-refractivity contribution in [1.82, 2.24) is 9.97 Å². The summed E-state index contributed by atoms with van der Waals surface area (Å²) in [7, 11) is -2.70. The van der Waals surface area contributed by atoms with Crippen LogP contribution >= 0.6 is 0 Å². The zero-order valence-electron chi connectivity index (χ0n) is 18.5. The van der Waals surface area contributed by atoms with Crippen LogP contribution in [-0.2, 0) is 10.0 Å². The fraction of sp³-hybridized carbons (Fsp3) is 0.364. The first-order chi connectivity index (χ1) is 16.1. The highest BCUT2D eigenvalue weighted by atomic mass is 32.2. The number of quaternary nitrogens is 1. The molecular formula is C22H23F3N4O4S. The lowest BCUT2D eigenvalue weighted by Gasteiger charge is -2.22. The number of anilines is 1. The Kier molecular flexibility index (Phi) is 6.40. The molecule has 34 heavy (non-hydrogen) atoms. The molecule has 0 radical (unpaired) electrons. The van der Waals surface area contributed by atoms with E-state index < -0.39 is 54.7 Å². The predicted octanol–water partition coefficient (Wildman–Crippen LogP) is 2.95. The largest absolute Gasteiger partial charge is 0.613 e. The van der Waals surface area contributed by atoms with Crippen LogP contribution in [0, 0.1) is 22.7 Å². The molecule has 2 N–H and O–H groups in total. The highest BCUT2D eigenvalue weighted by molar-refractivity contribution is 7.85. The molecule has 0 aliphatic heterocycles. The van der Waals surface area contributed by atoms with Gasteiger partial charge in [-0.25, -0.2) is 18.2 Å². The van der Waals surface area contributed by atoms with Gasteiger partial charge in [-0.2, -0.15) is 12.8 Å². The molecule has 0 spiro atoms. The van der Waals surface area contributed by atoms with Crippen LogP contribution in [0.5, 0.6) is 0 Å². The smallest absolute Gasteiger partial charge is 0.300 e. The fourth-order valence-electron chi connectivity index (χ4n) is 3.87. The van der Waals surface area contributed by atoms with Gasteiger partial charge in [-0.05, 0) is 25.3 Å². The molecule has 1 atom stereocenters. The van der Waals surface area contributed by atoms with E-state index in [4.69, 9.17) is 0 Å². The van der Waals surface area contributed by atoms with E-state index in [1.807, 2.05) is 0 Å². The van der Waals surface area contributed by atoms with E-state index in [-0.39, 0.29) is 34.7 Å². The summed E-state index contributed by atoms with van der Waals surface area (Å²) in [6.07, 6.45) is 4.48. The third kappa shape index (κ3) is 4.17. The Morgan fingerprint density at radius 1 is 1.26 bits per heavy atom. The zero-order chi connectivity index (χ0) is 24.8. The summed E-state index contributed by atoms with van der Waals surface area (Å²) in [5, 5.41) is 12.6. The number of rotatable bonds is 9.